The molecule has 1 fully saturated rings. The SMILES string of the molecule is CCO[C@H]1CN(C(=O)[O-])C[C@H]1Nc1nc(CC)c(-c2ccc(OC)cc2Cl)nc1CC. The Balaban J connectivity index is 1.96. The van der Waals surface area contributed by atoms with Crippen molar-refractivity contribution in [1.82, 2.24) is 14.9 Å². The Labute approximate surface area is 187 Å². The van der Waals surface area contributed by atoms with Gasteiger partial charge in [0.15, 0.2) is 0 Å². The first kappa shape index (κ1) is 23.1. The van der Waals surface area contributed by atoms with E-state index in [-0.39, 0.29) is 25.2 Å². The van der Waals surface area contributed by atoms with E-state index >= 15 is 0 Å². The van der Waals surface area contributed by atoms with E-state index in [1.807, 2.05) is 32.9 Å². The topological polar surface area (TPSA) is 99.6 Å². The fourth-order valence-corrected chi connectivity index (χ4v) is 4.02. The van der Waals surface area contributed by atoms with Crippen LogP contribution in [0.1, 0.15) is 32.2 Å². The highest BCUT2D eigenvalue weighted by atomic mass is 35.5. The van der Waals surface area contributed by atoms with E-state index in [0.29, 0.717) is 36.0 Å². The number of carbonyl (C=O) groups excluding carboxylic acids is 1. The monoisotopic (exact) mass is 447 g/mol. The number of hydrogen-bond donors (Lipinski definition) is 1. The fourth-order valence-electron chi connectivity index (χ4n) is 3.76. The zero-order valence-electron chi connectivity index (χ0n) is 18.3. The molecule has 8 nitrogen and oxygen atoms in total. The number of likely N-dealkylation sites (tertiary alicyclic amines) is 1. The fraction of sp³-hybridized carbons (Fsp3) is 0.500. The second-order valence-corrected chi connectivity index (χ2v) is 7.69. The van der Waals surface area contributed by atoms with Crippen molar-refractivity contribution in [3.05, 3.63) is 34.6 Å². The Kier molecular flexibility index (Phi) is 7.56. The molecule has 2 atom stereocenters. The third kappa shape index (κ3) is 5.02. The second kappa shape index (κ2) is 10.2. The number of amides is 1. The number of carboxylic acid groups (broad SMARTS) is 1. The van der Waals surface area contributed by atoms with Crippen LogP contribution in [-0.2, 0) is 17.6 Å². The van der Waals surface area contributed by atoms with Gasteiger partial charge in [-0.3, -0.25) is 0 Å². The van der Waals surface area contributed by atoms with Gasteiger partial charge in [-0.2, -0.15) is 0 Å². The van der Waals surface area contributed by atoms with Crippen molar-refractivity contribution in [2.75, 3.05) is 32.1 Å². The molecular weight excluding hydrogens is 420 g/mol. The van der Waals surface area contributed by atoms with Crippen LogP contribution in [0.4, 0.5) is 10.6 Å². The van der Waals surface area contributed by atoms with Gasteiger partial charge in [-0.15, -0.1) is 0 Å². The van der Waals surface area contributed by atoms with E-state index in [9.17, 15) is 9.90 Å². The second-order valence-electron chi connectivity index (χ2n) is 7.28. The predicted octanol–water partition coefficient (Wildman–Crippen LogP) is 2.77. The number of anilines is 1. The molecule has 168 valence electrons. The minimum Gasteiger partial charge on any atom is -0.530 e. The highest BCUT2D eigenvalue weighted by Crippen LogP contribution is 2.33. The zero-order valence-corrected chi connectivity index (χ0v) is 19.0. The van der Waals surface area contributed by atoms with E-state index < -0.39 is 6.09 Å². The minimum absolute atomic E-state index is 0.238. The van der Waals surface area contributed by atoms with Crippen LogP contribution in [0.2, 0.25) is 5.02 Å². The largest absolute Gasteiger partial charge is 0.530 e. The van der Waals surface area contributed by atoms with E-state index in [4.69, 9.17) is 31.0 Å². The number of aromatic nitrogens is 2. The summed E-state index contributed by atoms with van der Waals surface area (Å²) in [4.78, 5) is 22.3. The highest BCUT2D eigenvalue weighted by molar-refractivity contribution is 6.33. The molecular formula is C22H28ClN4O4-. The first-order valence-corrected chi connectivity index (χ1v) is 10.9. The molecule has 0 bridgehead atoms. The Hall–Kier alpha value is -2.58. The summed E-state index contributed by atoms with van der Waals surface area (Å²) < 4.78 is 11.0. The molecule has 0 aliphatic carbocycles. The van der Waals surface area contributed by atoms with Crippen LogP contribution >= 0.6 is 11.6 Å². The van der Waals surface area contributed by atoms with Crippen LogP contribution in [-0.4, -0.2) is 59.9 Å². The van der Waals surface area contributed by atoms with Crippen molar-refractivity contribution in [2.24, 2.45) is 0 Å². The van der Waals surface area contributed by atoms with Gasteiger partial charge in [0.1, 0.15) is 17.7 Å². The van der Waals surface area contributed by atoms with E-state index in [0.717, 1.165) is 22.6 Å². The lowest BCUT2D eigenvalue weighted by molar-refractivity contribution is -0.264. The van der Waals surface area contributed by atoms with Crippen LogP contribution in [0.25, 0.3) is 11.3 Å². The third-order valence-corrected chi connectivity index (χ3v) is 5.68. The Morgan fingerprint density at radius 1 is 1.23 bits per heavy atom. The van der Waals surface area contributed by atoms with Crippen LogP contribution < -0.4 is 15.2 Å². The molecule has 1 aromatic carbocycles. The molecule has 1 N–H and O–H groups in total. The average Bonchev–Trinajstić information content (AvgIpc) is 3.16. The summed E-state index contributed by atoms with van der Waals surface area (Å²) >= 11 is 6.50. The Morgan fingerprint density at radius 2 is 1.97 bits per heavy atom. The molecule has 0 radical (unpaired) electrons. The van der Waals surface area contributed by atoms with Gasteiger partial charge < -0.3 is 29.6 Å². The van der Waals surface area contributed by atoms with Crippen molar-refractivity contribution in [2.45, 2.75) is 45.8 Å². The van der Waals surface area contributed by atoms with Gasteiger partial charge in [0.05, 0.1) is 41.4 Å². The summed E-state index contributed by atoms with van der Waals surface area (Å²) in [6, 6.07) is 5.25. The molecule has 0 saturated carbocycles. The third-order valence-electron chi connectivity index (χ3n) is 5.37. The number of nitrogens with one attached hydrogen (secondary N) is 1. The molecule has 1 saturated heterocycles. The van der Waals surface area contributed by atoms with Gasteiger partial charge >= 0.3 is 0 Å². The summed E-state index contributed by atoms with van der Waals surface area (Å²) in [6.45, 7) is 6.93. The van der Waals surface area contributed by atoms with Gasteiger partial charge in [0, 0.05) is 25.3 Å². The summed E-state index contributed by atoms with van der Waals surface area (Å²) in [5, 5.41) is 15.3. The van der Waals surface area contributed by atoms with Crippen molar-refractivity contribution in [3.8, 4) is 17.0 Å². The number of hydrogen-bond acceptors (Lipinski definition) is 7. The standard InChI is InChI=1S/C22H29ClN4O4/c1-5-16-20(14-9-8-13(30-4)10-15(14)23)24-17(6-2)21(25-16)26-18-11-27(22(28)29)12-19(18)31-7-3/h8-10,18-19H,5-7,11-12H2,1-4H3,(H,25,26)(H,28,29)/p-1/t18-,19+/m1/s1. The molecule has 2 heterocycles. The van der Waals surface area contributed by atoms with E-state index in [1.54, 1.807) is 13.2 Å². The number of nitrogens with zero attached hydrogens (tertiary/aromatic N) is 3. The maximum atomic E-state index is 11.3. The molecule has 1 aromatic heterocycles. The predicted molar refractivity (Wildman–Crippen MR) is 118 cm³/mol. The van der Waals surface area contributed by atoms with Gasteiger partial charge in [-0.05, 0) is 38.0 Å². The summed E-state index contributed by atoms with van der Waals surface area (Å²) in [6.07, 6.45) is -0.172. The molecule has 0 unspecified atom stereocenters. The molecule has 0 spiro atoms. The number of ether oxygens (including phenoxy) is 2. The minimum atomic E-state index is -1.20. The number of rotatable bonds is 8. The first-order chi connectivity index (χ1) is 14.9. The van der Waals surface area contributed by atoms with Gasteiger partial charge in [0.25, 0.3) is 0 Å². The number of halogens is 1. The number of carbonyl (C=O) groups is 1. The lowest BCUT2D eigenvalue weighted by Crippen LogP contribution is -2.40. The Morgan fingerprint density at radius 3 is 2.55 bits per heavy atom. The highest BCUT2D eigenvalue weighted by Gasteiger charge is 2.34. The van der Waals surface area contributed by atoms with E-state index in [2.05, 4.69) is 5.32 Å². The molecule has 1 aliphatic rings. The Bertz CT molecular complexity index is 940. The lowest BCUT2D eigenvalue weighted by atomic mass is 10.1. The van der Waals surface area contributed by atoms with Gasteiger partial charge in [0.2, 0.25) is 0 Å². The van der Waals surface area contributed by atoms with Gasteiger partial charge in [-0.25, -0.2) is 9.97 Å². The summed E-state index contributed by atoms with van der Waals surface area (Å²) in [7, 11) is 1.60. The number of aryl methyl sites for hydroxylation is 2. The maximum absolute atomic E-state index is 11.3. The van der Waals surface area contributed by atoms with Crippen molar-refractivity contribution in [3.63, 3.8) is 0 Å². The number of methoxy groups -OCH3 is 1. The lowest BCUT2D eigenvalue weighted by Gasteiger charge is -2.22. The maximum Gasteiger partial charge on any atom is 0.148 e. The average molecular weight is 448 g/mol. The van der Waals surface area contributed by atoms with Crippen LogP contribution in [0.15, 0.2) is 18.2 Å². The summed E-state index contributed by atoms with van der Waals surface area (Å²) in [5.41, 5.74) is 3.11. The van der Waals surface area contributed by atoms with Crippen molar-refractivity contribution >= 4 is 23.5 Å². The molecule has 1 amide bonds. The van der Waals surface area contributed by atoms with Crippen LogP contribution in [0, 0.1) is 0 Å². The normalized spacial score (nSPS) is 18.3. The molecule has 9 heteroatoms. The quantitative estimate of drug-likeness (QED) is 0.664. The smallest absolute Gasteiger partial charge is 0.148 e. The summed E-state index contributed by atoms with van der Waals surface area (Å²) in [5.74, 6) is 1.32. The molecule has 1 aliphatic heterocycles. The zero-order chi connectivity index (χ0) is 22.5. The van der Waals surface area contributed by atoms with Crippen molar-refractivity contribution in [1.29, 1.82) is 0 Å². The first-order valence-electron chi connectivity index (χ1n) is 10.5. The van der Waals surface area contributed by atoms with Crippen molar-refractivity contribution < 1.29 is 19.4 Å². The van der Waals surface area contributed by atoms with Crippen LogP contribution in [0.3, 0.4) is 0 Å². The molecule has 2 aromatic rings. The molecule has 31 heavy (non-hydrogen) atoms. The molecule has 3 rings (SSSR count). The number of benzene rings is 1. The van der Waals surface area contributed by atoms with Crippen LogP contribution in [0.5, 0.6) is 5.75 Å². The van der Waals surface area contributed by atoms with E-state index in [1.165, 1.54) is 4.90 Å². The van der Waals surface area contributed by atoms with Gasteiger partial charge in [-0.1, -0.05) is 25.4 Å².